The van der Waals surface area contributed by atoms with Gasteiger partial charge in [0.15, 0.2) is 12.4 Å². The second kappa shape index (κ2) is 16.1. The molecule has 0 spiro atoms. The minimum absolute atomic E-state index is 0.127. The molecule has 2 heterocycles. The lowest BCUT2D eigenvalue weighted by Crippen LogP contribution is -2.25. The molecular weight excluding hydrogens is 532 g/mol. The van der Waals surface area contributed by atoms with Crippen LogP contribution < -0.4 is 9.46 Å². The number of hydrogen-bond acceptors (Lipinski definition) is 9. The maximum absolute atomic E-state index is 11.8. The third kappa shape index (κ3) is 9.30. The fourth-order valence-electron chi connectivity index (χ4n) is 4.20. The Morgan fingerprint density at radius 1 is 0.537 bits per heavy atom. The average Bonchev–Trinajstić information content (AvgIpc) is 2.98. The first-order valence-electron chi connectivity index (χ1n) is 13.5. The number of aromatic nitrogens is 2. The molecule has 2 aromatic carbocycles. The third-order valence-electron chi connectivity index (χ3n) is 6.38. The number of aliphatic hydroxyl groups is 2. The SMILES string of the molecule is [O-][n+]1cccc2cc(C(O)COCCOCCOCCOCCOCC(O)c3ccc4c(ccc[n+]4[O-])c3)ccc21. The zero-order chi connectivity index (χ0) is 28.9. The van der Waals surface area contributed by atoms with E-state index in [1.807, 2.05) is 12.1 Å². The maximum Gasteiger partial charge on any atom is 0.223 e. The molecule has 0 radical (unpaired) electrons. The summed E-state index contributed by atoms with van der Waals surface area (Å²) in [5.41, 5.74) is 2.47. The fraction of sp³-hybridized carbons (Fsp3) is 0.400. The van der Waals surface area contributed by atoms with E-state index in [2.05, 4.69) is 0 Å². The first-order valence-corrected chi connectivity index (χ1v) is 13.5. The molecule has 11 heteroatoms. The van der Waals surface area contributed by atoms with Gasteiger partial charge in [-0.25, -0.2) is 0 Å². The van der Waals surface area contributed by atoms with Gasteiger partial charge < -0.3 is 44.3 Å². The molecule has 0 aliphatic carbocycles. The molecule has 0 bridgehead atoms. The summed E-state index contributed by atoms with van der Waals surface area (Å²) >= 11 is 0. The molecule has 0 saturated carbocycles. The van der Waals surface area contributed by atoms with Crippen LogP contribution >= 0.6 is 0 Å². The van der Waals surface area contributed by atoms with Crippen molar-refractivity contribution in [3.05, 3.63) is 94.6 Å². The van der Waals surface area contributed by atoms with Gasteiger partial charge >= 0.3 is 0 Å². The van der Waals surface area contributed by atoms with Crippen molar-refractivity contribution < 1.29 is 43.4 Å². The van der Waals surface area contributed by atoms with E-state index in [1.54, 1.807) is 48.5 Å². The molecule has 0 fully saturated rings. The maximum atomic E-state index is 11.8. The van der Waals surface area contributed by atoms with Gasteiger partial charge in [-0.1, -0.05) is 0 Å². The number of aliphatic hydroxyl groups excluding tert-OH is 2. The van der Waals surface area contributed by atoms with Crippen LogP contribution in [-0.4, -0.2) is 76.3 Å². The minimum Gasteiger partial charge on any atom is -0.618 e. The van der Waals surface area contributed by atoms with Gasteiger partial charge in [0.1, 0.15) is 12.2 Å². The van der Waals surface area contributed by atoms with E-state index in [9.17, 15) is 20.6 Å². The second-order valence-electron chi connectivity index (χ2n) is 9.32. The molecule has 220 valence electrons. The number of ether oxygens (including phenoxy) is 5. The van der Waals surface area contributed by atoms with Crippen LogP contribution in [0.1, 0.15) is 23.3 Å². The largest absolute Gasteiger partial charge is 0.618 e. The third-order valence-corrected chi connectivity index (χ3v) is 6.38. The van der Waals surface area contributed by atoms with Crippen molar-refractivity contribution in [3.8, 4) is 0 Å². The van der Waals surface area contributed by atoms with Crippen LogP contribution in [0.5, 0.6) is 0 Å². The first-order chi connectivity index (χ1) is 20.0. The Kier molecular flexibility index (Phi) is 12.0. The Balaban J connectivity index is 0.949. The van der Waals surface area contributed by atoms with E-state index in [0.29, 0.717) is 75.0 Å². The summed E-state index contributed by atoms with van der Waals surface area (Å²) in [6.45, 7) is 3.35. The molecule has 2 N–H and O–H groups in total. The summed E-state index contributed by atoms with van der Waals surface area (Å²) in [6, 6.07) is 17.4. The van der Waals surface area contributed by atoms with E-state index in [-0.39, 0.29) is 13.2 Å². The van der Waals surface area contributed by atoms with Crippen LogP contribution in [0, 0.1) is 10.4 Å². The van der Waals surface area contributed by atoms with E-state index < -0.39 is 12.2 Å². The van der Waals surface area contributed by atoms with Crippen molar-refractivity contribution in [1.29, 1.82) is 0 Å². The molecule has 0 aliphatic heterocycles. The number of fused-ring (bicyclic) bond motifs is 2. The lowest BCUT2D eigenvalue weighted by atomic mass is 10.1. The molecule has 0 aliphatic rings. The van der Waals surface area contributed by atoms with Crippen LogP contribution in [0.4, 0.5) is 0 Å². The molecule has 4 rings (SSSR count). The highest BCUT2D eigenvalue weighted by atomic mass is 16.6. The Labute approximate surface area is 238 Å². The summed E-state index contributed by atoms with van der Waals surface area (Å²) in [7, 11) is 0. The Hall–Kier alpha value is -3.42. The summed E-state index contributed by atoms with van der Waals surface area (Å²) < 4.78 is 29.0. The van der Waals surface area contributed by atoms with Crippen molar-refractivity contribution in [2.24, 2.45) is 0 Å². The second-order valence-corrected chi connectivity index (χ2v) is 9.32. The van der Waals surface area contributed by atoms with Crippen molar-refractivity contribution in [1.82, 2.24) is 0 Å². The van der Waals surface area contributed by atoms with Gasteiger partial charge in [-0.15, -0.1) is 0 Å². The molecule has 4 aromatic rings. The highest BCUT2D eigenvalue weighted by Crippen LogP contribution is 2.20. The van der Waals surface area contributed by atoms with Gasteiger partial charge in [0.2, 0.25) is 11.0 Å². The fourth-order valence-corrected chi connectivity index (χ4v) is 4.20. The number of pyridine rings is 2. The molecule has 41 heavy (non-hydrogen) atoms. The number of benzene rings is 2. The highest BCUT2D eigenvalue weighted by Gasteiger charge is 2.12. The molecular formula is C30H36N2O9. The van der Waals surface area contributed by atoms with Gasteiger partial charge in [0.25, 0.3) is 0 Å². The predicted molar refractivity (Wildman–Crippen MR) is 150 cm³/mol. The van der Waals surface area contributed by atoms with Crippen molar-refractivity contribution >= 4 is 21.8 Å². The molecule has 2 unspecified atom stereocenters. The lowest BCUT2D eigenvalue weighted by Gasteiger charge is -2.13. The van der Waals surface area contributed by atoms with Crippen molar-refractivity contribution in [2.75, 3.05) is 66.1 Å². The van der Waals surface area contributed by atoms with Gasteiger partial charge in [0, 0.05) is 35.0 Å². The number of rotatable bonds is 18. The summed E-state index contributed by atoms with van der Waals surface area (Å²) in [6.07, 6.45) is 1.29. The van der Waals surface area contributed by atoms with E-state index in [0.717, 1.165) is 20.2 Å². The van der Waals surface area contributed by atoms with E-state index in [1.165, 1.54) is 12.4 Å². The standard InChI is InChI=1S/C30H36N2O9/c33-29(25-5-7-27-23(19-25)3-1-9-31(27)35)21-40-17-15-38-13-11-37-12-14-39-16-18-41-22-30(34)26-6-8-28-24(20-26)4-2-10-32(28)36/h1-10,19-20,29-30,33-34H,11-18,21-22H2. The van der Waals surface area contributed by atoms with Gasteiger partial charge in [0.05, 0.1) is 66.1 Å². The molecule has 2 aromatic heterocycles. The normalized spacial score (nSPS) is 13.1. The topological polar surface area (TPSA) is 140 Å². The number of hydrogen-bond donors (Lipinski definition) is 2. The predicted octanol–water partition coefficient (Wildman–Crippen LogP) is 2.11. The van der Waals surface area contributed by atoms with Crippen molar-refractivity contribution in [3.63, 3.8) is 0 Å². The monoisotopic (exact) mass is 568 g/mol. The van der Waals surface area contributed by atoms with Gasteiger partial charge in [-0.2, -0.15) is 9.46 Å². The van der Waals surface area contributed by atoms with E-state index in [4.69, 9.17) is 23.7 Å². The Bertz CT molecular complexity index is 1270. The summed E-state index contributed by atoms with van der Waals surface area (Å²) in [4.78, 5) is 0. The molecule has 2 atom stereocenters. The summed E-state index contributed by atoms with van der Waals surface area (Å²) in [5, 5.41) is 45.7. The molecule has 0 amide bonds. The zero-order valence-electron chi connectivity index (χ0n) is 22.8. The van der Waals surface area contributed by atoms with Crippen LogP contribution in [0.25, 0.3) is 21.8 Å². The molecule has 0 saturated heterocycles. The molecule has 11 nitrogen and oxygen atoms in total. The first kappa shape index (κ1) is 30.5. The Morgan fingerprint density at radius 3 is 1.29 bits per heavy atom. The van der Waals surface area contributed by atoms with Crippen LogP contribution in [0.15, 0.2) is 73.1 Å². The zero-order valence-corrected chi connectivity index (χ0v) is 22.8. The van der Waals surface area contributed by atoms with Gasteiger partial charge in [-0.3, -0.25) is 0 Å². The lowest BCUT2D eigenvalue weighted by molar-refractivity contribution is -0.577. The Morgan fingerprint density at radius 2 is 0.902 bits per heavy atom. The van der Waals surface area contributed by atoms with E-state index >= 15 is 0 Å². The van der Waals surface area contributed by atoms with Crippen LogP contribution in [0.2, 0.25) is 0 Å². The smallest absolute Gasteiger partial charge is 0.223 e. The minimum atomic E-state index is -0.795. The number of nitrogens with zero attached hydrogens (tertiary/aromatic N) is 2. The van der Waals surface area contributed by atoms with Crippen molar-refractivity contribution in [2.45, 2.75) is 12.2 Å². The quantitative estimate of drug-likeness (QED) is 0.105. The summed E-state index contributed by atoms with van der Waals surface area (Å²) in [5.74, 6) is 0. The van der Waals surface area contributed by atoms with Crippen LogP contribution in [0.3, 0.4) is 0 Å². The van der Waals surface area contributed by atoms with Crippen LogP contribution in [-0.2, 0) is 23.7 Å². The highest BCUT2D eigenvalue weighted by molar-refractivity contribution is 5.77. The average molecular weight is 569 g/mol. The van der Waals surface area contributed by atoms with Gasteiger partial charge in [-0.05, 0) is 47.5 Å².